The number of ether oxygens (including phenoxy) is 2. The van der Waals surface area contributed by atoms with E-state index in [0.29, 0.717) is 24.0 Å². The van der Waals surface area contributed by atoms with Crippen molar-refractivity contribution in [1.82, 2.24) is 15.5 Å². The van der Waals surface area contributed by atoms with E-state index in [1.54, 1.807) is 0 Å². The maximum atomic E-state index is 12.1. The predicted octanol–water partition coefficient (Wildman–Crippen LogP) is 2.32. The molecule has 1 aliphatic rings. The molecule has 0 saturated carbocycles. The van der Waals surface area contributed by atoms with Gasteiger partial charge in [0, 0.05) is 12.1 Å². The van der Waals surface area contributed by atoms with Crippen LogP contribution in [0.25, 0.3) is 11.5 Å². The molecule has 4 rings (SSSR count). The minimum absolute atomic E-state index is 0.0564. The zero-order chi connectivity index (χ0) is 17.1. The number of carbonyl (C=O) groups excluding carboxylic acids is 1. The number of nitrogens with one attached hydrogen (secondary N) is 1. The van der Waals surface area contributed by atoms with E-state index in [2.05, 4.69) is 15.5 Å². The van der Waals surface area contributed by atoms with Crippen LogP contribution in [0.2, 0.25) is 0 Å². The first-order valence-corrected chi connectivity index (χ1v) is 7.81. The molecule has 7 heteroatoms. The number of carbonyl (C=O) groups is 1. The van der Waals surface area contributed by atoms with E-state index in [4.69, 9.17) is 14.0 Å². The van der Waals surface area contributed by atoms with Gasteiger partial charge in [-0.05, 0) is 29.8 Å². The molecule has 25 heavy (non-hydrogen) atoms. The molecule has 126 valence electrons. The van der Waals surface area contributed by atoms with Crippen LogP contribution in [0.1, 0.15) is 11.4 Å². The van der Waals surface area contributed by atoms with Crippen molar-refractivity contribution in [2.24, 2.45) is 0 Å². The summed E-state index contributed by atoms with van der Waals surface area (Å²) in [6.07, 6.45) is 0.0564. The zero-order valence-electron chi connectivity index (χ0n) is 13.3. The van der Waals surface area contributed by atoms with Gasteiger partial charge in [0.15, 0.2) is 17.3 Å². The molecule has 0 unspecified atom stereocenters. The zero-order valence-corrected chi connectivity index (χ0v) is 13.3. The first-order valence-electron chi connectivity index (χ1n) is 7.81. The van der Waals surface area contributed by atoms with Crippen molar-refractivity contribution in [3.63, 3.8) is 0 Å². The van der Waals surface area contributed by atoms with Crippen molar-refractivity contribution in [2.75, 3.05) is 6.79 Å². The fraction of sp³-hybridized carbons (Fsp3) is 0.167. The van der Waals surface area contributed by atoms with Gasteiger partial charge in [0.1, 0.15) is 0 Å². The Kier molecular flexibility index (Phi) is 4.04. The molecule has 7 nitrogen and oxygen atoms in total. The second-order valence-electron chi connectivity index (χ2n) is 5.52. The number of hydrogen-bond donors (Lipinski definition) is 1. The highest BCUT2D eigenvalue weighted by molar-refractivity contribution is 5.77. The van der Waals surface area contributed by atoms with Crippen LogP contribution < -0.4 is 14.8 Å². The second-order valence-corrected chi connectivity index (χ2v) is 5.52. The van der Waals surface area contributed by atoms with Gasteiger partial charge in [-0.25, -0.2) is 0 Å². The van der Waals surface area contributed by atoms with Gasteiger partial charge in [0.2, 0.25) is 12.7 Å². The number of rotatable bonds is 5. The van der Waals surface area contributed by atoms with Gasteiger partial charge in [-0.3, -0.25) is 4.79 Å². The molecule has 0 aliphatic carbocycles. The highest BCUT2D eigenvalue weighted by atomic mass is 16.7. The third kappa shape index (κ3) is 3.45. The molecule has 1 amide bonds. The van der Waals surface area contributed by atoms with Gasteiger partial charge in [-0.15, -0.1) is 0 Å². The highest BCUT2D eigenvalue weighted by Crippen LogP contribution is 2.32. The SMILES string of the molecule is O=C(Cc1noc(-c2ccccc2)n1)NCc1ccc2c(c1)OCO2. The molecular weight excluding hydrogens is 322 g/mol. The van der Waals surface area contributed by atoms with Crippen molar-refractivity contribution >= 4 is 5.91 Å². The van der Waals surface area contributed by atoms with E-state index in [1.807, 2.05) is 48.5 Å². The van der Waals surface area contributed by atoms with Gasteiger partial charge in [-0.1, -0.05) is 29.4 Å². The summed E-state index contributed by atoms with van der Waals surface area (Å²) in [6, 6.07) is 15.0. The van der Waals surface area contributed by atoms with Crippen LogP contribution in [0.15, 0.2) is 53.1 Å². The van der Waals surface area contributed by atoms with Crippen molar-refractivity contribution in [2.45, 2.75) is 13.0 Å². The maximum absolute atomic E-state index is 12.1. The lowest BCUT2D eigenvalue weighted by molar-refractivity contribution is -0.120. The molecule has 3 aromatic rings. The minimum atomic E-state index is -0.182. The smallest absolute Gasteiger partial charge is 0.257 e. The molecule has 1 N–H and O–H groups in total. The monoisotopic (exact) mass is 337 g/mol. The van der Waals surface area contributed by atoms with E-state index in [0.717, 1.165) is 16.9 Å². The number of aromatic nitrogens is 2. The van der Waals surface area contributed by atoms with Crippen LogP contribution in [0.5, 0.6) is 11.5 Å². The Labute approximate surface area is 143 Å². The molecule has 1 aliphatic heterocycles. The molecule has 0 atom stereocenters. The van der Waals surface area contributed by atoms with E-state index in [-0.39, 0.29) is 19.1 Å². The predicted molar refractivity (Wildman–Crippen MR) is 87.8 cm³/mol. The molecule has 0 fully saturated rings. The van der Waals surface area contributed by atoms with Crippen molar-refractivity contribution in [3.05, 3.63) is 59.9 Å². The van der Waals surface area contributed by atoms with Gasteiger partial charge in [0.05, 0.1) is 6.42 Å². The first kappa shape index (κ1) is 15.2. The van der Waals surface area contributed by atoms with Crippen LogP contribution in [-0.4, -0.2) is 22.8 Å². The standard InChI is InChI=1S/C18H15N3O4/c22-17(19-10-12-6-7-14-15(8-12)24-11-23-14)9-16-20-18(25-21-16)13-4-2-1-3-5-13/h1-8H,9-11H2,(H,19,22). The van der Waals surface area contributed by atoms with E-state index >= 15 is 0 Å². The van der Waals surface area contributed by atoms with Gasteiger partial charge >= 0.3 is 0 Å². The lowest BCUT2D eigenvalue weighted by Crippen LogP contribution is -2.24. The van der Waals surface area contributed by atoms with E-state index in [9.17, 15) is 4.79 Å². The average molecular weight is 337 g/mol. The third-order valence-corrected chi connectivity index (χ3v) is 3.73. The van der Waals surface area contributed by atoms with E-state index < -0.39 is 0 Å². The van der Waals surface area contributed by atoms with Crippen LogP contribution in [-0.2, 0) is 17.8 Å². The number of hydrogen-bond acceptors (Lipinski definition) is 6. The molecular formula is C18H15N3O4. The lowest BCUT2D eigenvalue weighted by Gasteiger charge is -2.05. The Hall–Kier alpha value is -3.35. The summed E-state index contributed by atoms with van der Waals surface area (Å²) in [6.45, 7) is 0.617. The molecule has 0 radical (unpaired) electrons. The fourth-order valence-corrected chi connectivity index (χ4v) is 2.48. The van der Waals surface area contributed by atoms with Crippen molar-refractivity contribution in [1.29, 1.82) is 0 Å². The molecule has 0 spiro atoms. The normalized spacial score (nSPS) is 12.2. The summed E-state index contributed by atoms with van der Waals surface area (Å²) >= 11 is 0. The fourth-order valence-electron chi connectivity index (χ4n) is 2.48. The number of nitrogens with zero attached hydrogens (tertiary/aromatic N) is 2. The van der Waals surface area contributed by atoms with Crippen molar-refractivity contribution in [3.8, 4) is 23.0 Å². The Morgan fingerprint density at radius 2 is 1.92 bits per heavy atom. The molecule has 0 saturated heterocycles. The van der Waals surface area contributed by atoms with Gasteiger partial charge in [-0.2, -0.15) is 4.98 Å². The topological polar surface area (TPSA) is 86.5 Å². The second kappa shape index (κ2) is 6.64. The van der Waals surface area contributed by atoms with Crippen LogP contribution in [0.3, 0.4) is 0 Å². The number of benzene rings is 2. The summed E-state index contributed by atoms with van der Waals surface area (Å²) in [5, 5.41) is 6.68. The Morgan fingerprint density at radius 1 is 1.08 bits per heavy atom. The average Bonchev–Trinajstić information content (AvgIpc) is 3.29. The Bertz CT molecular complexity index is 892. The largest absolute Gasteiger partial charge is 0.454 e. The molecule has 2 heterocycles. The summed E-state index contributed by atoms with van der Waals surface area (Å²) in [4.78, 5) is 16.3. The summed E-state index contributed by atoms with van der Waals surface area (Å²) in [5.74, 6) is 1.98. The van der Waals surface area contributed by atoms with Gasteiger partial charge in [0.25, 0.3) is 5.89 Å². The van der Waals surface area contributed by atoms with Gasteiger partial charge < -0.3 is 19.3 Å². The summed E-state index contributed by atoms with van der Waals surface area (Å²) in [5.41, 5.74) is 1.75. The third-order valence-electron chi connectivity index (χ3n) is 3.73. The van der Waals surface area contributed by atoms with Crippen molar-refractivity contribution < 1.29 is 18.8 Å². The Morgan fingerprint density at radius 3 is 2.80 bits per heavy atom. The molecule has 0 bridgehead atoms. The maximum Gasteiger partial charge on any atom is 0.257 e. The number of amides is 1. The highest BCUT2D eigenvalue weighted by Gasteiger charge is 2.15. The number of fused-ring (bicyclic) bond motifs is 1. The van der Waals surface area contributed by atoms with Crippen LogP contribution >= 0.6 is 0 Å². The molecule has 2 aromatic carbocycles. The van der Waals surface area contributed by atoms with E-state index in [1.165, 1.54) is 0 Å². The molecule has 1 aromatic heterocycles. The lowest BCUT2D eigenvalue weighted by atomic mass is 10.2. The Balaban J connectivity index is 1.34. The van der Waals surface area contributed by atoms with Crippen LogP contribution in [0, 0.1) is 0 Å². The summed E-state index contributed by atoms with van der Waals surface area (Å²) in [7, 11) is 0. The summed E-state index contributed by atoms with van der Waals surface area (Å²) < 4.78 is 15.8. The quantitative estimate of drug-likeness (QED) is 0.769. The van der Waals surface area contributed by atoms with Crippen LogP contribution in [0.4, 0.5) is 0 Å². The minimum Gasteiger partial charge on any atom is -0.454 e. The first-order chi connectivity index (χ1) is 12.3.